The van der Waals surface area contributed by atoms with Crippen LogP contribution in [0.25, 0.3) is 0 Å². The highest BCUT2D eigenvalue weighted by atomic mass is 31.2. The molecule has 0 heterocycles. The Labute approximate surface area is 408 Å². The second kappa shape index (κ2) is 49.4. The van der Waals surface area contributed by atoms with E-state index in [2.05, 4.69) is 86.8 Å². The smallest absolute Gasteiger partial charge is 0.457 e. The van der Waals surface area contributed by atoms with Crippen molar-refractivity contribution in [1.82, 2.24) is 0 Å². The Morgan fingerprint density at radius 2 is 0.864 bits per heavy atom. The summed E-state index contributed by atoms with van der Waals surface area (Å²) in [4.78, 5) is 23.0. The fraction of sp³-hybridized carbons (Fsp3) is 0.772. The molecule has 1 N–H and O–H groups in total. The molecule has 384 valence electrons. The standard InChI is InChI=1S/C57H104NO7P/c1-6-8-10-12-14-16-18-20-22-24-26-28-29-30-31-32-34-36-38-40-42-44-46-48-50-57(59)65-56(55-64-66(60,61)63-53-51-58(3,4)5)54-62-52-49-47-45-43-41-39-37-35-33-27-25-23-21-19-17-15-13-11-9-7-2/h9,11,15,17,21,23,27,33,37,39,43,45,56H,6-8,10,12-14,16,18-20,22,24-26,28-32,34-36,38,40-42,44,46-55H2,1-5H3/p+1/b11-9-,17-15-,23-21-,33-27-,39-37-,45-43-. The van der Waals surface area contributed by atoms with Gasteiger partial charge in [-0.2, -0.15) is 0 Å². The van der Waals surface area contributed by atoms with Crippen molar-refractivity contribution >= 4 is 13.8 Å². The largest absolute Gasteiger partial charge is 0.472 e. The maximum absolute atomic E-state index is 12.8. The van der Waals surface area contributed by atoms with E-state index in [0.717, 1.165) is 70.6 Å². The summed E-state index contributed by atoms with van der Waals surface area (Å²) in [6, 6.07) is 0. The molecule has 0 radical (unpaired) electrons. The summed E-state index contributed by atoms with van der Waals surface area (Å²) in [5.74, 6) is -0.331. The zero-order chi connectivity index (χ0) is 48.3. The van der Waals surface area contributed by atoms with Crippen molar-refractivity contribution in [3.8, 4) is 0 Å². The van der Waals surface area contributed by atoms with Crippen molar-refractivity contribution in [2.45, 2.75) is 232 Å². The maximum Gasteiger partial charge on any atom is 0.472 e. The van der Waals surface area contributed by atoms with Gasteiger partial charge in [0.1, 0.15) is 19.3 Å². The summed E-state index contributed by atoms with van der Waals surface area (Å²) >= 11 is 0. The molecule has 8 nitrogen and oxygen atoms in total. The number of unbranched alkanes of at least 4 members (excludes halogenated alkanes) is 24. The van der Waals surface area contributed by atoms with Gasteiger partial charge in [0.15, 0.2) is 0 Å². The Hall–Kier alpha value is -2.06. The number of allylic oxidation sites excluding steroid dienone is 12. The van der Waals surface area contributed by atoms with Crippen molar-refractivity contribution in [1.29, 1.82) is 0 Å². The minimum Gasteiger partial charge on any atom is -0.457 e. The van der Waals surface area contributed by atoms with Gasteiger partial charge in [0.25, 0.3) is 0 Å². The lowest BCUT2D eigenvalue weighted by Crippen LogP contribution is -2.37. The van der Waals surface area contributed by atoms with Crippen LogP contribution < -0.4 is 0 Å². The van der Waals surface area contributed by atoms with Crippen molar-refractivity contribution in [3.05, 3.63) is 72.9 Å². The quantitative estimate of drug-likeness (QED) is 0.0214. The predicted molar refractivity (Wildman–Crippen MR) is 284 cm³/mol. The van der Waals surface area contributed by atoms with Gasteiger partial charge in [0.2, 0.25) is 0 Å². The third-order valence-electron chi connectivity index (χ3n) is 11.5. The number of hydrogen-bond acceptors (Lipinski definition) is 6. The summed E-state index contributed by atoms with van der Waals surface area (Å²) in [5.41, 5.74) is 0. The molecular weight excluding hydrogens is 842 g/mol. The predicted octanol–water partition coefficient (Wildman–Crippen LogP) is 17.0. The number of phosphoric acid groups is 1. The van der Waals surface area contributed by atoms with Crippen molar-refractivity contribution in [2.75, 3.05) is 54.1 Å². The molecule has 0 bridgehead atoms. The first-order valence-electron chi connectivity index (χ1n) is 27.2. The molecule has 2 atom stereocenters. The number of likely N-dealkylation sites (N-methyl/N-ethyl adjacent to an activating group) is 1. The number of carbonyl (C=O) groups excluding carboxylic acids is 1. The Balaban J connectivity index is 4.17. The lowest BCUT2D eigenvalue weighted by Gasteiger charge is -2.24. The molecule has 0 aromatic rings. The van der Waals surface area contributed by atoms with E-state index >= 15 is 0 Å². The van der Waals surface area contributed by atoms with Gasteiger partial charge in [-0.25, -0.2) is 4.57 Å². The van der Waals surface area contributed by atoms with Crippen molar-refractivity contribution in [2.24, 2.45) is 0 Å². The first-order valence-corrected chi connectivity index (χ1v) is 28.7. The normalized spacial score (nSPS) is 14.1. The average molecular weight is 947 g/mol. The van der Waals surface area contributed by atoms with Gasteiger partial charge in [0, 0.05) is 13.0 Å². The first kappa shape index (κ1) is 63.9. The average Bonchev–Trinajstić information content (AvgIpc) is 3.28. The van der Waals surface area contributed by atoms with E-state index in [1.54, 1.807) is 0 Å². The summed E-state index contributed by atoms with van der Waals surface area (Å²) in [6.07, 6.45) is 65.5. The van der Waals surface area contributed by atoms with Crippen LogP contribution in [-0.2, 0) is 27.9 Å². The number of nitrogens with zero attached hydrogens (tertiary/aromatic N) is 1. The van der Waals surface area contributed by atoms with E-state index < -0.39 is 13.9 Å². The number of carbonyl (C=O) groups is 1. The van der Waals surface area contributed by atoms with E-state index in [1.165, 1.54) is 135 Å². The molecule has 0 aliphatic carbocycles. The summed E-state index contributed by atoms with van der Waals surface area (Å²) < 4.78 is 35.1. The van der Waals surface area contributed by atoms with Gasteiger partial charge in [-0.1, -0.05) is 234 Å². The molecule has 0 spiro atoms. The van der Waals surface area contributed by atoms with Crippen LogP contribution in [0.1, 0.15) is 226 Å². The molecule has 0 amide bonds. The zero-order valence-corrected chi connectivity index (χ0v) is 44.6. The number of rotatable bonds is 50. The second-order valence-electron chi connectivity index (χ2n) is 19.2. The van der Waals surface area contributed by atoms with Crippen LogP contribution in [0.2, 0.25) is 0 Å². The molecule has 66 heavy (non-hydrogen) atoms. The number of ether oxygens (including phenoxy) is 2. The van der Waals surface area contributed by atoms with E-state index in [1.807, 2.05) is 21.1 Å². The van der Waals surface area contributed by atoms with Gasteiger partial charge in [-0.05, 0) is 57.8 Å². The Morgan fingerprint density at radius 3 is 1.26 bits per heavy atom. The van der Waals surface area contributed by atoms with Crippen molar-refractivity contribution in [3.63, 3.8) is 0 Å². The molecular formula is C57H105NO7P+. The number of hydrogen-bond donors (Lipinski definition) is 1. The van der Waals surface area contributed by atoms with Crippen LogP contribution in [0.4, 0.5) is 0 Å². The molecule has 0 aromatic heterocycles. The van der Waals surface area contributed by atoms with Gasteiger partial charge in [0.05, 0.1) is 34.4 Å². The van der Waals surface area contributed by atoms with Crippen LogP contribution in [0, 0.1) is 0 Å². The molecule has 0 fully saturated rings. The maximum atomic E-state index is 12.8. The summed E-state index contributed by atoms with van der Waals surface area (Å²) in [6.45, 7) is 5.37. The van der Waals surface area contributed by atoms with Crippen LogP contribution >= 0.6 is 7.82 Å². The number of quaternary nitrogens is 1. The van der Waals surface area contributed by atoms with Crippen LogP contribution in [0.15, 0.2) is 72.9 Å². The molecule has 0 aliphatic rings. The highest BCUT2D eigenvalue weighted by molar-refractivity contribution is 7.47. The molecule has 0 saturated heterocycles. The highest BCUT2D eigenvalue weighted by Gasteiger charge is 2.26. The van der Waals surface area contributed by atoms with Crippen LogP contribution in [-0.4, -0.2) is 75.6 Å². The zero-order valence-electron chi connectivity index (χ0n) is 43.7. The Kier molecular flexibility index (Phi) is 47.8. The van der Waals surface area contributed by atoms with E-state index in [-0.39, 0.29) is 25.8 Å². The van der Waals surface area contributed by atoms with Gasteiger partial charge >= 0.3 is 13.8 Å². The first-order chi connectivity index (χ1) is 32.1. The monoisotopic (exact) mass is 947 g/mol. The van der Waals surface area contributed by atoms with Gasteiger partial charge in [-0.15, -0.1) is 0 Å². The number of phosphoric ester groups is 1. The Morgan fingerprint density at radius 1 is 0.485 bits per heavy atom. The molecule has 0 saturated carbocycles. The van der Waals surface area contributed by atoms with Crippen molar-refractivity contribution < 1.29 is 37.3 Å². The van der Waals surface area contributed by atoms with Gasteiger partial charge in [-0.3, -0.25) is 13.8 Å². The highest BCUT2D eigenvalue weighted by Crippen LogP contribution is 2.43. The minimum absolute atomic E-state index is 0.0758. The topological polar surface area (TPSA) is 91.3 Å². The lowest BCUT2D eigenvalue weighted by atomic mass is 10.0. The summed E-state index contributed by atoms with van der Waals surface area (Å²) in [7, 11) is 1.63. The Bertz CT molecular complexity index is 1280. The third kappa shape index (κ3) is 52.9. The second-order valence-corrected chi connectivity index (χ2v) is 20.7. The summed E-state index contributed by atoms with van der Waals surface area (Å²) in [5, 5.41) is 0. The molecule has 0 rings (SSSR count). The fourth-order valence-corrected chi connectivity index (χ4v) is 8.14. The molecule has 0 aliphatic heterocycles. The van der Waals surface area contributed by atoms with Crippen LogP contribution in [0.5, 0.6) is 0 Å². The molecule has 0 aromatic carbocycles. The number of esters is 1. The van der Waals surface area contributed by atoms with E-state index in [0.29, 0.717) is 24.1 Å². The molecule has 9 heteroatoms. The minimum atomic E-state index is -4.30. The van der Waals surface area contributed by atoms with Gasteiger partial charge < -0.3 is 18.9 Å². The molecule has 2 unspecified atom stereocenters. The van der Waals surface area contributed by atoms with E-state index in [9.17, 15) is 14.3 Å². The fourth-order valence-electron chi connectivity index (χ4n) is 7.39. The van der Waals surface area contributed by atoms with E-state index in [4.69, 9.17) is 18.5 Å². The third-order valence-corrected chi connectivity index (χ3v) is 12.5. The van der Waals surface area contributed by atoms with Crippen LogP contribution in [0.3, 0.4) is 0 Å². The lowest BCUT2D eigenvalue weighted by molar-refractivity contribution is -0.870. The SMILES string of the molecule is CC/C=C\C/C=C\C/C=C\C/C=C\C/C=C\C/C=C\CCCOCC(COP(=O)(O)OCC[N+](C)(C)C)OC(=O)CCCCCCCCCCCCCCCCCCCCCCCCCC.